The molecule has 0 spiro atoms. The van der Waals surface area contributed by atoms with Crippen LogP contribution in [0.5, 0.6) is 0 Å². The molecule has 2 N–H and O–H groups in total. The van der Waals surface area contributed by atoms with E-state index in [1.54, 1.807) is 78.6 Å². The van der Waals surface area contributed by atoms with Crippen LogP contribution in [-0.4, -0.2) is 21.6 Å². The Morgan fingerprint density at radius 1 is 1.04 bits per heavy atom. The number of benzene rings is 2. The summed E-state index contributed by atoms with van der Waals surface area (Å²) in [7, 11) is 0. The summed E-state index contributed by atoms with van der Waals surface area (Å²) in [6.07, 6.45) is 3.35. The molecule has 0 aliphatic rings. The smallest absolute Gasteiger partial charge is 0.255 e. The second-order valence-electron chi connectivity index (χ2n) is 5.70. The molecule has 2 aromatic carbocycles. The van der Waals surface area contributed by atoms with Gasteiger partial charge in [-0.05, 0) is 49.4 Å². The Labute approximate surface area is 155 Å². The zero-order valence-electron chi connectivity index (χ0n) is 14.0. The number of hydrogen-bond donors (Lipinski definition) is 2. The third-order valence-electron chi connectivity index (χ3n) is 3.78. The lowest BCUT2D eigenvalue weighted by Crippen LogP contribution is -2.24. The van der Waals surface area contributed by atoms with Gasteiger partial charge < -0.3 is 10.6 Å². The second-order valence-corrected chi connectivity index (χ2v) is 6.13. The van der Waals surface area contributed by atoms with Crippen molar-refractivity contribution in [3.8, 4) is 0 Å². The van der Waals surface area contributed by atoms with Crippen molar-refractivity contribution in [2.75, 3.05) is 10.6 Å². The van der Waals surface area contributed by atoms with Crippen molar-refractivity contribution >= 4 is 34.8 Å². The fourth-order valence-corrected chi connectivity index (χ4v) is 2.57. The monoisotopic (exact) mass is 368 g/mol. The van der Waals surface area contributed by atoms with Gasteiger partial charge in [0.2, 0.25) is 5.91 Å². The Hall–Kier alpha value is -3.12. The molecule has 0 saturated heterocycles. The second kappa shape index (κ2) is 7.84. The summed E-state index contributed by atoms with van der Waals surface area (Å²) in [5, 5.41) is 10.2. The first kappa shape index (κ1) is 17.7. The standard InChI is InChI=1S/C19H17ClN4O2/c1-13(24-10-4-9-21-24)18(25)22-16-7-3-8-17(12-16)23-19(26)14-5-2-6-15(20)11-14/h2-13H,1H3,(H,22,25)(H,23,26). The molecule has 2 amide bonds. The van der Waals surface area contributed by atoms with E-state index in [1.165, 1.54) is 0 Å². The Kier molecular flexibility index (Phi) is 5.34. The third kappa shape index (κ3) is 4.29. The van der Waals surface area contributed by atoms with E-state index in [4.69, 9.17) is 11.6 Å². The van der Waals surface area contributed by atoms with Crippen LogP contribution in [0.25, 0.3) is 0 Å². The van der Waals surface area contributed by atoms with Gasteiger partial charge in [-0.25, -0.2) is 0 Å². The molecule has 3 aromatic rings. The van der Waals surface area contributed by atoms with Gasteiger partial charge in [0.15, 0.2) is 0 Å². The van der Waals surface area contributed by atoms with Gasteiger partial charge in [-0.3, -0.25) is 14.3 Å². The van der Waals surface area contributed by atoms with Crippen molar-refractivity contribution < 1.29 is 9.59 Å². The van der Waals surface area contributed by atoms with Crippen LogP contribution in [0.15, 0.2) is 67.0 Å². The molecule has 0 saturated carbocycles. The first-order valence-electron chi connectivity index (χ1n) is 8.00. The zero-order chi connectivity index (χ0) is 18.5. The van der Waals surface area contributed by atoms with E-state index in [-0.39, 0.29) is 11.8 Å². The Balaban J connectivity index is 1.68. The highest BCUT2D eigenvalue weighted by Crippen LogP contribution is 2.18. The maximum absolute atomic E-state index is 12.3. The highest BCUT2D eigenvalue weighted by molar-refractivity contribution is 6.31. The Morgan fingerprint density at radius 3 is 2.46 bits per heavy atom. The van der Waals surface area contributed by atoms with E-state index in [1.807, 2.05) is 0 Å². The summed E-state index contributed by atoms with van der Waals surface area (Å²) in [6.45, 7) is 1.76. The molecule has 0 fully saturated rings. The molecule has 1 atom stereocenters. The van der Waals surface area contributed by atoms with Crippen molar-refractivity contribution in [2.24, 2.45) is 0 Å². The van der Waals surface area contributed by atoms with Crippen molar-refractivity contribution in [2.45, 2.75) is 13.0 Å². The first-order valence-corrected chi connectivity index (χ1v) is 8.38. The molecule has 0 radical (unpaired) electrons. The molecule has 1 aromatic heterocycles. The zero-order valence-corrected chi connectivity index (χ0v) is 14.8. The summed E-state index contributed by atoms with van der Waals surface area (Å²) < 4.78 is 1.57. The average Bonchev–Trinajstić information content (AvgIpc) is 3.16. The lowest BCUT2D eigenvalue weighted by atomic mass is 10.2. The molecule has 0 aliphatic heterocycles. The molecular formula is C19H17ClN4O2. The number of anilines is 2. The molecule has 1 unspecified atom stereocenters. The number of nitrogens with zero attached hydrogens (tertiary/aromatic N) is 2. The van der Waals surface area contributed by atoms with E-state index < -0.39 is 6.04 Å². The molecule has 0 aliphatic carbocycles. The highest BCUT2D eigenvalue weighted by atomic mass is 35.5. The maximum Gasteiger partial charge on any atom is 0.255 e. The highest BCUT2D eigenvalue weighted by Gasteiger charge is 2.15. The largest absolute Gasteiger partial charge is 0.324 e. The molecule has 3 rings (SSSR count). The van der Waals surface area contributed by atoms with Gasteiger partial charge >= 0.3 is 0 Å². The summed E-state index contributed by atoms with van der Waals surface area (Å²) in [5.41, 5.74) is 1.61. The van der Waals surface area contributed by atoms with Crippen LogP contribution in [-0.2, 0) is 4.79 Å². The summed E-state index contributed by atoms with van der Waals surface area (Å²) in [4.78, 5) is 24.6. The number of carbonyl (C=O) groups excluding carboxylic acids is 2. The average molecular weight is 369 g/mol. The van der Waals surface area contributed by atoms with Crippen LogP contribution in [0.4, 0.5) is 11.4 Å². The SMILES string of the molecule is CC(C(=O)Nc1cccc(NC(=O)c2cccc(Cl)c2)c1)n1cccn1. The molecule has 26 heavy (non-hydrogen) atoms. The molecule has 6 nitrogen and oxygen atoms in total. The number of amides is 2. The van der Waals surface area contributed by atoms with Crippen LogP contribution in [0.1, 0.15) is 23.3 Å². The molecule has 0 bridgehead atoms. The van der Waals surface area contributed by atoms with Crippen LogP contribution < -0.4 is 10.6 Å². The van der Waals surface area contributed by atoms with Crippen molar-refractivity contribution in [1.82, 2.24) is 9.78 Å². The quantitative estimate of drug-likeness (QED) is 0.715. The number of rotatable bonds is 5. The predicted octanol–water partition coefficient (Wildman–Crippen LogP) is 3.99. The Morgan fingerprint density at radius 2 is 1.77 bits per heavy atom. The Bertz CT molecular complexity index is 925. The van der Waals surface area contributed by atoms with Crippen LogP contribution in [0.2, 0.25) is 5.02 Å². The predicted molar refractivity (Wildman–Crippen MR) is 101 cm³/mol. The van der Waals surface area contributed by atoms with E-state index in [9.17, 15) is 9.59 Å². The normalized spacial score (nSPS) is 11.6. The van der Waals surface area contributed by atoms with E-state index >= 15 is 0 Å². The number of aromatic nitrogens is 2. The minimum atomic E-state index is -0.449. The molecule has 132 valence electrons. The topological polar surface area (TPSA) is 76.0 Å². The number of hydrogen-bond acceptors (Lipinski definition) is 3. The van der Waals surface area contributed by atoms with Gasteiger partial charge in [0.25, 0.3) is 5.91 Å². The van der Waals surface area contributed by atoms with E-state index in [0.29, 0.717) is 22.0 Å². The maximum atomic E-state index is 12.3. The van der Waals surface area contributed by atoms with Crippen molar-refractivity contribution in [3.05, 3.63) is 77.6 Å². The number of halogens is 1. The fraction of sp³-hybridized carbons (Fsp3) is 0.105. The van der Waals surface area contributed by atoms with Gasteiger partial charge in [0.1, 0.15) is 6.04 Å². The van der Waals surface area contributed by atoms with Crippen molar-refractivity contribution in [1.29, 1.82) is 0 Å². The van der Waals surface area contributed by atoms with Gasteiger partial charge in [0, 0.05) is 34.4 Å². The first-order chi connectivity index (χ1) is 12.5. The summed E-state index contributed by atoms with van der Waals surface area (Å²) in [5.74, 6) is -0.479. The van der Waals surface area contributed by atoms with E-state index in [0.717, 1.165) is 0 Å². The minimum absolute atomic E-state index is 0.202. The minimum Gasteiger partial charge on any atom is -0.324 e. The van der Waals surface area contributed by atoms with Gasteiger partial charge in [-0.2, -0.15) is 5.10 Å². The lowest BCUT2D eigenvalue weighted by Gasteiger charge is -2.13. The van der Waals surface area contributed by atoms with Gasteiger partial charge in [-0.1, -0.05) is 23.7 Å². The molecule has 1 heterocycles. The fourth-order valence-electron chi connectivity index (χ4n) is 2.38. The lowest BCUT2D eigenvalue weighted by molar-refractivity contribution is -0.119. The summed E-state index contributed by atoms with van der Waals surface area (Å²) in [6, 6.07) is 14.9. The molecular weight excluding hydrogens is 352 g/mol. The molecule has 7 heteroatoms. The van der Waals surface area contributed by atoms with Gasteiger partial charge in [-0.15, -0.1) is 0 Å². The van der Waals surface area contributed by atoms with Gasteiger partial charge in [0.05, 0.1) is 0 Å². The van der Waals surface area contributed by atoms with Crippen LogP contribution in [0, 0.1) is 0 Å². The number of carbonyl (C=O) groups is 2. The number of nitrogens with one attached hydrogen (secondary N) is 2. The third-order valence-corrected chi connectivity index (χ3v) is 4.01. The van der Waals surface area contributed by atoms with Crippen LogP contribution >= 0.6 is 11.6 Å². The summed E-state index contributed by atoms with van der Waals surface area (Å²) >= 11 is 5.91. The van der Waals surface area contributed by atoms with Crippen LogP contribution in [0.3, 0.4) is 0 Å². The van der Waals surface area contributed by atoms with E-state index in [2.05, 4.69) is 15.7 Å². The van der Waals surface area contributed by atoms with Crippen molar-refractivity contribution in [3.63, 3.8) is 0 Å².